The molecule has 0 aliphatic heterocycles. The third-order valence-corrected chi connectivity index (χ3v) is 4.20. The molecule has 0 fully saturated rings. The van der Waals surface area contributed by atoms with E-state index in [0.29, 0.717) is 22.8 Å². The molecular formula is C23H15FN2O2. The number of carbonyl (C=O) groups excluding carboxylic acids is 1. The molecule has 0 saturated carbocycles. The topological polar surface area (TPSA) is 52.1 Å². The molecule has 0 aliphatic rings. The quantitative estimate of drug-likeness (QED) is 0.447. The van der Waals surface area contributed by atoms with E-state index in [1.54, 1.807) is 30.5 Å². The van der Waals surface area contributed by atoms with Crippen LogP contribution in [0.1, 0.15) is 15.9 Å². The van der Waals surface area contributed by atoms with Crippen LogP contribution in [-0.4, -0.2) is 15.8 Å². The van der Waals surface area contributed by atoms with Gasteiger partial charge in [0, 0.05) is 17.3 Å². The largest absolute Gasteiger partial charge is 0.438 e. The number of ether oxygens (including phenoxy) is 1. The number of aromatic nitrogens is 2. The number of hydrogen-bond acceptors (Lipinski definition) is 4. The molecule has 4 nitrogen and oxygen atoms in total. The molecule has 0 saturated heterocycles. The van der Waals surface area contributed by atoms with Crippen molar-refractivity contribution in [2.24, 2.45) is 0 Å². The minimum Gasteiger partial charge on any atom is -0.438 e. The first-order chi connectivity index (χ1) is 13.7. The fourth-order valence-corrected chi connectivity index (χ4v) is 2.77. The molecular weight excluding hydrogens is 355 g/mol. The van der Waals surface area contributed by atoms with Gasteiger partial charge in [-0.1, -0.05) is 30.3 Å². The van der Waals surface area contributed by atoms with Crippen molar-refractivity contribution in [3.8, 4) is 22.8 Å². The van der Waals surface area contributed by atoms with E-state index in [0.717, 1.165) is 11.1 Å². The maximum Gasteiger partial charge on any atom is 0.230 e. The lowest BCUT2D eigenvalue weighted by molar-refractivity contribution is 0.103. The van der Waals surface area contributed by atoms with E-state index in [2.05, 4.69) is 9.97 Å². The van der Waals surface area contributed by atoms with Crippen molar-refractivity contribution in [3.05, 3.63) is 108 Å². The highest BCUT2D eigenvalue weighted by Gasteiger charge is 2.12. The first kappa shape index (κ1) is 17.5. The van der Waals surface area contributed by atoms with Crippen LogP contribution >= 0.6 is 0 Å². The molecule has 0 aliphatic carbocycles. The van der Waals surface area contributed by atoms with Crippen molar-refractivity contribution < 1.29 is 13.9 Å². The van der Waals surface area contributed by atoms with E-state index in [1.807, 2.05) is 30.3 Å². The fourth-order valence-electron chi connectivity index (χ4n) is 2.77. The van der Waals surface area contributed by atoms with Crippen LogP contribution in [0.3, 0.4) is 0 Å². The van der Waals surface area contributed by atoms with E-state index >= 15 is 0 Å². The molecule has 28 heavy (non-hydrogen) atoms. The number of carbonyl (C=O) groups is 1. The molecule has 0 atom stereocenters. The Hall–Kier alpha value is -3.86. The molecule has 0 bridgehead atoms. The monoisotopic (exact) mass is 370 g/mol. The van der Waals surface area contributed by atoms with Crippen molar-refractivity contribution >= 4 is 5.78 Å². The number of hydrogen-bond donors (Lipinski definition) is 0. The van der Waals surface area contributed by atoms with Crippen LogP contribution < -0.4 is 4.74 Å². The lowest BCUT2D eigenvalue weighted by atomic mass is 10.0. The van der Waals surface area contributed by atoms with E-state index in [4.69, 9.17) is 4.74 Å². The summed E-state index contributed by atoms with van der Waals surface area (Å²) in [5.41, 5.74) is 2.64. The Morgan fingerprint density at radius 1 is 0.821 bits per heavy atom. The number of halogens is 1. The summed E-state index contributed by atoms with van der Waals surface area (Å²) in [6.07, 6.45) is 3.12. The second-order valence-electron chi connectivity index (χ2n) is 6.07. The molecule has 3 aromatic carbocycles. The summed E-state index contributed by atoms with van der Waals surface area (Å²) in [7, 11) is 0. The first-order valence-corrected chi connectivity index (χ1v) is 8.64. The molecule has 0 spiro atoms. The summed E-state index contributed by atoms with van der Waals surface area (Å²) in [6, 6.07) is 21.9. The van der Waals surface area contributed by atoms with Crippen LogP contribution in [0.2, 0.25) is 0 Å². The molecule has 4 aromatic rings. The zero-order chi connectivity index (χ0) is 19.3. The smallest absolute Gasteiger partial charge is 0.230 e. The Kier molecular flexibility index (Phi) is 4.89. The second-order valence-corrected chi connectivity index (χ2v) is 6.07. The van der Waals surface area contributed by atoms with Crippen LogP contribution in [0.25, 0.3) is 11.1 Å². The summed E-state index contributed by atoms with van der Waals surface area (Å²) in [6.45, 7) is 0. The normalized spacial score (nSPS) is 10.5. The van der Waals surface area contributed by atoms with Crippen molar-refractivity contribution in [1.82, 2.24) is 9.97 Å². The van der Waals surface area contributed by atoms with Gasteiger partial charge in [0.2, 0.25) is 5.88 Å². The second kappa shape index (κ2) is 7.80. The molecule has 1 aromatic heterocycles. The molecule has 0 amide bonds. The highest BCUT2D eigenvalue weighted by molar-refractivity contribution is 6.09. The average Bonchev–Trinajstić information content (AvgIpc) is 2.75. The van der Waals surface area contributed by atoms with Crippen molar-refractivity contribution in [2.75, 3.05) is 0 Å². The Labute approximate surface area is 161 Å². The van der Waals surface area contributed by atoms with Gasteiger partial charge in [0.15, 0.2) is 5.78 Å². The van der Waals surface area contributed by atoms with Gasteiger partial charge in [-0.2, -0.15) is 0 Å². The van der Waals surface area contributed by atoms with E-state index in [1.165, 1.54) is 30.6 Å². The Morgan fingerprint density at radius 2 is 1.46 bits per heavy atom. The van der Waals surface area contributed by atoms with E-state index < -0.39 is 0 Å². The van der Waals surface area contributed by atoms with Gasteiger partial charge in [-0.25, -0.2) is 14.4 Å². The first-order valence-electron chi connectivity index (χ1n) is 8.64. The van der Waals surface area contributed by atoms with Gasteiger partial charge in [0.05, 0.1) is 5.56 Å². The standard InChI is InChI=1S/C23H15FN2O2/c24-19-10-6-17(7-11-19)22(27)18-8-12-20(13-9-18)28-23-21(14-25-15-26-23)16-4-2-1-3-5-16/h1-15H. The maximum absolute atomic E-state index is 13.0. The van der Waals surface area contributed by atoms with E-state index in [9.17, 15) is 9.18 Å². The number of benzene rings is 3. The van der Waals surface area contributed by atoms with Crippen LogP contribution in [0.5, 0.6) is 11.6 Å². The minimum atomic E-state index is -0.376. The van der Waals surface area contributed by atoms with Crippen molar-refractivity contribution in [2.45, 2.75) is 0 Å². The van der Waals surface area contributed by atoms with Crippen LogP contribution in [0.15, 0.2) is 91.4 Å². The highest BCUT2D eigenvalue weighted by atomic mass is 19.1. The highest BCUT2D eigenvalue weighted by Crippen LogP contribution is 2.30. The number of rotatable bonds is 5. The predicted octanol–water partition coefficient (Wildman–Crippen LogP) is 5.31. The molecule has 4 rings (SSSR count). The van der Waals surface area contributed by atoms with Gasteiger partial charge in [-0.3, -0.25) is 4.79 Å². The number of nitrogens with zero attached hydrogens (tertiary/aromatic N) is 2. The zero-order valence-corrected chi connectivity index (χ0v) is 14.7. The van der Waals surface area contributed by atoms with Crippen molar-refractivity contribution in [3.63, 3.8) is 0 Å². The van der Waals surface area contributed by atoms with E-state index in [-0.39, 0.29) is 11.6 Å². The van der Waals surface area contributed by atoms with Gasteiger partial charge in [-0.05, 0) is 54.1 Å². The van der Waals surface area contributed by atoms with Gasteiger partial charge >= 0.3 is 0 Å². The van der Waals surface area contributed by atoms with Crippen LogP contribution in [-0.2, 0) is 0 Å². The Balaban J connectivity index is 1.56. The van der Waals surface area contributed by atoms with Gasteiger partial charge < -0.3 is 4.74 Å². The summed E-state index contributed by atoms with van der Waals surface area (Å²) < 4.78 is 18.9. The summed E-state index contributed by atoms with van der Waals surface area (Å²) in [4.78, 5) is 20.8. The van der Waals surface area contributed by atoms with Gasteiger partial charge in [-0.15, -0.1) is 0 Å². The summed E-state index contributed by atoms with van der Waals surface area (Å²) >= 11 is 0. The fraction of sp³-hybridized carbons (Fsp3) is 0. The van der Waals surface area contributed by atoms with Gasteiger partial charge in [0.25, 0.3) is 0 Å². The summed E-state index contributed by atoms with van der Waals surface area (Å²) in [5.74, 6) is 0.420. The SMILES string of the molecule is O=C(c1ccc(F)cc1)c1ccc(Oc2ncncc2-c2ccccc2)cc1. The molecule has 0 N–H and O–H groups in total. The number of ketones is 1. The molecule has 136 valence electrons. The third kappa shape index (κ3) is 3.78. The Morgan fingerprint density at radius 3 is 2.14 bits per heavy atom. The molecule has 0 radical (unpaired) electrons. The average molecular weight is 370 g/mol. The molecule has 0 unspecified atom stereocenters. The zero-order valence-electron chi connectivity index (χ0n) is 14.7. The van der Waals surface area contributed by atoms with Gasteiger partial charge in [0.1, 0.15) is 17.9 Å². The minimum absolute atomic E-state index is 0.182. The molecule has 1 heterocycles. The van der Waals surface area contributed by atoms with Crippen LogP contribution in [0.4, 0.5) is 4.39 Å². The lowest BCUT2D eigenvalue weighted by Crippen LogP contribution is -2.01. The summed E-state index contributed by atoms with van der Waals surface area (Å²) in [5, 5.41) is 0. The lowest BCUT2D eigenvalue weighted by Gasteiger charge is -2.10. The van der Waals surface area contributed by atoms with Crippen molar-refractivity contribution in [1.29, 1.82) is 0 Å². The maximum atomic E-state index is 13.0. The third-order valence-electron chi connectivity index (χ3n) is 4.20. The Bertz CT molecular complexity index is 1100. The predicted molar refractivity (Wildman–Crippen MR) is 104 cm³/mol. The van der Waals surface area contributed by atoms with Crippen LogP contribution in [0, 0.1) is 5.82 Å². The molecule has 5 heteroatoms.